The van der Waals surface area contributed by atoms with Gasteiger partial charge in [-0.1, -0.05) is 6.07 Å². The Hall–Kier alpha value is -1.78. The molecule has 0 aliphatic carbocycles. The van der Waals surface area contributed by atoms with E-state index in [-0.39, 0.29) is 18.5 Å². The largest absolute Gasteiger partial charge is 0.370 e. The van der Waals surface area contributed by atoms with Gasteiger partial charge in [-0.3, -0.25) is 4.79 Å². The van der Waals surface area contributed by atoms with Crippen LogP contribution in [-0.4, -0.2) is 30.0 Å². The van der Waals surface area contributed by atoms with Crippen molar-refractivity contribution in [3.63, 3.8) is 0 Å². The predicted molar refractivity (Wildman–Crippen MR) is 70.2 cm³/mol. The molecule has 0 spiro atoms. The molecule has 5 nitrogen and oxygen atoms in total. The smallest absolute Gasteiger partial charge is 0.239 e. The fourth-order valence-corrected chi connectivity index (χ4v) is 1.36. The summed E-state index contributed by atoms with van der Waals surface area (Å²) in [6.07, 6.45) is 0. The summed E-state index contributed by atoms with van der Waals surface area (Å²) in [7, 11) is 0. The first-order chi connectivity index (χ1) is 8.11. The molecule has 0 aliphatic heterocycles. The molecule has 0 aromatic carbocycles. The van der Waals surface area contributed by atoms with E-state index in [0.717, 1.165) is 12.4 Å². The van der Waals surface area contributed by atoms with Gasteiger partial charge >= 0.3 is 0 Å². The SMILES string of the molecule is CCNc1cccc(NCC(=O)NC(C)C)n1. The molecule has 0 fully saturated rings. The van der Waals surface area contributed by atoms with E-state index in [0.29, 0.717) is 5.82 Å². The molecule has 0 aliphatic rings. The molecule has 5 heteroatoms. The maximum Gasteiger partial charge on any atom is 0.239 e. The number of anilines is 2. The summed E-state index contributed by atoms with van der Waals surface area (Å²) < 4.78 is 0. The van der Waals surface area contributed by atoms with Crippen LogP contribution in [-0.2, 0) is 4.79 Å². The Balaban J connectivity index is 2.45. The molecular formula is C12H20N4O. The minimum atomic E-state index is -0.0318. The van der Waals surface area contributed by atoms with Crippen molar-refractivity contribution in [2.45, 2.75) is 26.8 Å². The first kappa shape index (κ1) is 13.3. The van der Waals surface area contributed by atoms with Crippen molar-refractivity contribution in [3.8, 4) is 0 Å². The molecule has 1 aromatic heterocycles. The van der Waals surface area contributed by atoms with Crippen molar-refractivity contribution in [2.24, 2.45) is 0 Å². The fourth-order valence-electron chi connectivity index (χ4n) is 1.36. The quantitative estimate of drug-likeness (QED) is 0.699. The summed E-state index contributed by atoms with van der Waals surface area (Å²) in [4.78, 5) is 15.7. The van der Waals surface area contributed by atoms with E-state index in [4.69, 9.17) is 0 Å². The molecule has 0 radical (unpaired) electrons. The molecule has 0 saturated carbocycles. The van der Waals surface area contributed by atoms with Gasteiger partial charge in [0.25, 0.3) is 0 Å². The van der Waals surface area contributed by atoms with Crippen molar-refractivity contribution < 1.29 is 4.79 Å². The predicted octanol–water partition coefficient (Wildman–Crippen LogP) is 1.45. The van der Waals surface area contributed by atoms with Gasteiger partial charge in [0, 0.05) is 12.6 Å². The molecule has 1 rings (SSSR count). The molecule has 0 saturated heterocycles. The van der Waals surface area contributed by atoms with Crippen LogP contribution < -0.4 is 16.0 Å². The summed E-state index contributed by atoms with van der Waals surface area (Å²) >= 11 is 0. The van der Waals surface area contributed by atoms with E-state index in [9.17, 15) is 4.79 Å². The number of aromatic nitrogens is 1. The summed E-state index contributed by atoms with van der Waals surface area (Å²) in [6.45, 7) is 6.94. The van der Waals surface area contributed by atoms with Crippen LogP contribution in [0.25, 0.3) is 0 Å². The summed E-state index contributed by atoms with van der Waals surface area (Å²) in [5, 5.41) is 8.91. The van der Waals surface area contributed by atoms with Crippen LogP contribution in [0.5, 0.6) is 0 Å². The third-order valence-electron chi connectivity index (χ3n) is 1.99. The maximum atomic E-state index is 11.4. The van der Waals surface area contributed by atoms with Gasteiger partial charge in [-0.15, -0.1) is 0 Å². The zero-order chi connectivity index (χ0) is 12.7. The summed E-state index contributed by atoms with van der Waals surface area (Å²) in [5.74, 6) is 1.47. The second-order valence-electron chi connectivity index (χ2n) is 4.01. The zero-order valence-corrected chi connectivity index (χ0v) is 10.6. The lowest BCUT2D eigenvalue weighted by atomic mass is 10.4. The molecule has 94 valence electrons. The minimum absolute atomic E-state index is 0.0318. The zero-order valence-electron chi connectivity index (χ0n) is 10.6. The highest BCUT2D eigenvalue weighted by Gasteiger charge is 2.03. The molecule has 0 bridgehead atoms. The topological polar surface area (TPSA) is 66.0 Å². The number of rotatable bonds is 6. The highest BCUT2D eigenvalue weighted by Crippen LogP contribution is 2.08. The first-order valence-corrected chi connectivity index (χ1v) is 5.86. The van der Waals surface area contributed by atoms with Crippen molar-refractivity contribution >= 4 is 17.5 Å². The second-order valence-corrected chi connectivity index (χ2v) is 4.01. The standard InChI is InChI=1S/C12H20N4O/c1-4-13-10-6-5-7-11(16-10)14-8-12(17)15-9(2)3/h5-7,9H,4,8H2,1-3H3,(H,15,17)(H2,13,14,16). The first-order valence-electron chi connectivity index (χ1n) is 5.86. The number of nitrogens with zero attached hydrogens (tertiary/aromatic N) is 1. The van der Waals surface area contributed by atoms with E-state index in [1.54, 1.807) is 0 Å². The highest BCUT2D eigenvalue weighted by molar-refractivity contribution is 5.80. The van der Waals surface area contributed by atoms with Gasteiger partial charge in [0.15, 0.2) is 0 Å². The average molecular weight is 236 g/mol. The van der Waals surface area contributed by atoms with E-state index in [1.807, 2.05) is 39.0 Å². The summed E-state index contributed by atoms with van der Waals surface area (Å²) in [5.41, 5.74) is 0. The third-order valence-corrected chi connectivity index (χ3v) is 1.99. The van der Waals surface area contributed by atoms with Gasteiger partial charge in [0.1, 0.15) is 11.6 Å². The number of carbonyl (C=O) groups is 1. The van der Waals surface area contributed by atoms with Crippen LogP contribution in [0.1, 0.15) is 20.8 Å². The number of carbonyl (C=O) groups excluding carboxylic acids is 1. The number of hydrogen-bond acceptors (Lipinski definition) is 4. The van der Waals surface area contributed by atoms with Crippen LogP contribution in [0.15, 0.2) is 18.2 Å². The highest BCUT2D eigenvalue weighted by atomic mass is 16.1. The number of nitrogens with one attached hydrogen (secondary N) is 3. The molecule has 1 heterocycles. The molecule has 0 atom stereocenters. The minimum Gasteiger partial charge on any atom is -0.370 e. The van der Waals surface area contributed by atoms with E-state index >= 15 is 0 Å². The third kappa shape index (κ3) is 5.19. The Labute approximate surface area is 102 Å². The number of amides is 1. The molecule has 17 heavy (non-hydrogen) atoms. The molecule has 0 unspecified atom stereocenters. The number of pyridine rings is 1. The van der Waals surface area contributed by atoms with E-state index in [1.165, 1.54) is 0 Å². The second kappa shape index (κ2) is 6.73. The Bertz CT molecular complexity index is 365. The fraction of sp³-hybridized carbons (Fsp3) is 0.500. The lowest BCUT2D eigenvalue weighted by Gasteiger charge is -2.10. The normalized spacial score (nSPS) is 10.1. The van der Waals surface area contributed by atoms with Crippen molar-refractivity contribution in [1.82, 2.24) is 10.3 Å². The Morgan fingerprint density at radius 2 is 1.94 bits per heavy atom. The van der Waals surface area contributed by atoms with Crippen molar-refractivity contribution in [1.29, 1.82) is 0 Å². The van der Waals surface area contributed by atoms with Gasteiger partial charge in [0.2, 0.25) is 5.91 Å². The van der Waals surface area contributed by atoms with Gasteiger partial charge in [0.05, 0.1) is 6.54 Å². The Kier molecular flexibility index (Phi) is 5.26. The molecule has 1 aromatic rings. The van der Waals surface area contributed by atoms with E-state index < -0.39 is 0 Å². The lowest BCUT2D eigenvalue weighted by Crippen LogP contribution is -2.34. The number of hydrogen-bond donors (Lipinski definition) is 3. The van der Waals surface area contributed by atoms with Gasteiger partial charge in [-0.2, -0.15) is 0 Å². The van der Waals surface area contributed by atoms with Crippen LogP contribution in [0.4, 0.5) is 11.6 Å². The average Bonchev–Trinajstić information content (AvgIpc) is 2.26. The molecule has 3 N–H and O–H groups in total. The maximum absolute atomic E-state index is 11.4. The molecular weight excluding hydrogens is 216 g/mol. The van der Waals surface area contributed by atoms with Crippen LogP contribution in [0, 0.1) is 0 Å². The Morgan fingerprint density at radius 3 is 2.53 bits per heavy atom. The van der Waals surface area contributed by atoms with Crippen molar-refractivity contribution in [2.75, 3.05) is 23.7 Å². The Morgan fingerprint density at radius 1 is 1.29 bits per heavy atom. The monoisotopic (exact) mass is 236 g/mol. The van der Waals surface area contributed by atoms with Gasteiger partial charge in [-0.05, 0) is 32.9 Å². The lowest BCUT2D eigenvalue weighted by molar-refractivity contribution is -0.119. The van der Waals surface area contributed by atoms with Crippen LogP contribution in [0.3, 0.4) is 0 Å². The van der Waals surface area contributed by atoms with Crippen LogP contribution in [0.2, 0.25) is 0 Å². The van der Waals surface area contributed by atoms with Crippen molar-refractivity contribution in [3.05, 3.63) is 18.2 Å². The summed E-state index contributed by atoms with van der Waals surface area (Å²) in [6, 6.07) is 5.78. The van der Waals surface area contributed by atoms with E-state index in [2.05, 4.69) is 20.9 Å². The van der Waals surface area contributed by atoms with Crippen LogP contribution >= 0.6 is 0 Å². The van der Waals surface area contributed by atoms with Gasteiger partial charge < -0.3 is 16.0 Å². The molecule has 1 amide bonds. The van der Waals surface area contributed by atoms with Gasteiger partial charge in [-0.25, -0.2) is 4.98 Å².